The molecule has 0 aliphatic carbocycles. The van der Waals surface area contributed by atoms with Crippen LogP contribution >= 0.6 is 11.6 Å². The van der Waals surface area contributed by atoms with Crippen molar-refractivity contribution in [1.82, 2.24) is 0 Å². The van der Waals surface area contributed by atoms with Crippen molar-refractivity contribution < 1.29 is 17.9 Å². The standard InChI is InChI=1S/C23H21ClN2O4S/c1-15-12-17-13-19(31(28,29)25-18-8-11-22(30-2)20(24)14-18)9-10-21(17)26(15)23(27)16-6-4-3-5-7-16/h3-11,13-15,25H,12H2,1-2H3/t15-/m0/s1. The van der Waals surface area contributed by atoms with E-state index in [0.717, 1.165) is 11.3 Å². The number of nitrogens with zero attached hydrogens (tertiary/aromatic N) is 1. The summed E-state index contributed by atoms with van der Waals surface area (Å²) in [6.45, 7) is 1.95. The van der Waals surface area contributed by atoms with Crippen LogP contribution in [0.5, 0.6) is 5.75 Å². The molecule has 1 amide bonds. The quantitative estimate of drug-likeness (QED) is 0.601. The lowest BCUT2D eigenvalue weighted by molar-refractivity contribution is 0.0981. The second-order valence-corrected chi connectivity index (χ2v) is 9.43. The number of amides is 1. The fourth-order valence-electron chi connectivity index (χ4n) is 3.75. The van der Waals surface area contributed by atoms with E-state index in [1.807, 2.05) is 25.1 Å². The smallest absolute Gasteiger partial charge is 0.261 e. The number of hydrogen-bond acceptors (Lipinski definition) is 4. The Bertz CT molecular complexity index is 1250. The van der Waals surface area contributed by atoms with E-state index < -0.39 is 10.0 Å². The van der Waals surface area contributed by atoms with Gasteiger partial charge in [0, 0.05) is 17.3 Å². The number of methoxy groups -OCH3 is 1. The zero-order valence-corrected chi connectivity index (χ0v) is 18.6. The molecule has 1 atom stereocenters. The zero-order valence-electron chi connectivity index (χ0n) is 17.0. The molecule has 31 heavy (non-hydrogen) atoms. The highest BCUT2D eigenvalue weighted by molar-refractivity contribution is 7.92. The van der Waals surface area contributed by atoms with Crippen molar-refractivity contribution in [2.45, 2.75) is 24.3 Å². The number of carbonyl (C=O) groups is 1. The van der Waals surface area contributed by atoms with Crippen LogP contribution in [0.1, 0.15) is 22.8 Å². The maximum absolute atomic E-state index is 13.0. The molecule has 1 aliphatic rings. The third-order valence-electron chi connectivity index (χ3n) is 5.22. The maximum atomic E-state index is 13.0. The minimum Gasteiger partial charge on any atom is -0.495 e. The Morgan fingerprint density at radius 2 is 1.84 bits per heavy atom. The largest absolute Gasteiger partial charge is 0.495 e. The first-order valence-corrected chi connectivity index (χ1v) is 11.5. The molecule has 0 saturated carbocycles. The van der Waals surface area contributed by atoms with E-state index in [-0.39, 0.29) is 16.8 Å². The van der Waals surface area contributed by atoms with Crippen molar-refractivity contribution in [1.29, 1.82) is 0 Å². The molecule has 0 aromatic heterocycles. The lowest BCUT2D eigenvalue weighted by Gasteiger charge is -2.23. The van der Waals surface area contributed by atoms with Gasteiger partial charge < -0.3 is 9.64 Å². The third-order valence-corrected chi connectivity index (χ3v) is 6.89. The van der Waals surface area contributed by atoms with Gasteiger partial charge in [0.1, 0.15) is 5.75 Å². The van der Waals surface area contributed by atoms with Gasteiger partial charge in [-0.15, -0.1) is 0 Å². The topological polar surface area (TPSA) is 75.7 Å². The minimum absolute atomic E-state index is 0.0750. The first kappa shape index (κ1) is 21.2. The highest BCUT2D eigenvalue weighted by atomic mass is 35.5. The first-order valence-electron chi connectivity index (χ1n) is 9.68. The Morgan fingerprint density at radius 3 is 2.52 bits per heavy atom. The van der Waals surface area contributed by atoms with E-state index in [9.17, 15) is 13.2 Å². The second kappa shape index (κ2) is 8.24. The molecule has 4 rings (SSSR count). The summed E-state index contributed by atoms with van der Waals surface area (Å²) < 4.78 is 33.5. The first-order chi connectivity index (χ1) is 14.8. The van der Waals surface area contributed by atoms with Gasteiger partial charge in [0.15, 0.2) is 0 Å². The van der Waals surface area contributed by atoms with Crippen molar-refractivity contribution in [3.8, 4) is 5.75 Å². The van der Waals surface area contributed by atoms with Crippen molar-refractivity contribution in [2.75, 3.05) is 16.7 Å². The number of rotatable bonds is 5. The molecular weight excluding hydrogens is 436 g/mol. The molecule has 8 heteroatoms. The van der Waals surface area contributed by atoms with E-state index in [2.05, 4.69) is 4.72 Å². The summed E-state index contributed by atoms with van der Waals surface area (Å²) in [5.74, 6) is 0.354. The normalized spacial score (nSPS) is 15.5. The molecule has 0 radical (unpaired) electrons. The average molecular weight is 457 g/mol. The van der Waals surface area contributed by atoms with Crippen LogP contribution in [-0.2, 0) is 16.4 Å². The van der Waals surface area contributed by atoms with Gasteiger partial charge in [-0.1, -0.05) is 29.8 Å². The molecule has 1 N–H and O–H groups in total. The molecule has 0 unspecified atom stereocenters. The molecule has 1 heterocycles. The molecule has 6 nitrogen and oxygen atoms in total. The maximum Gasteiger partial charge on any atom is 0.261 e. The number of halogens is 1. The van der Waals surface area contributed by atoms with Gasteiger partial charge in [-0.3, -0.25) is 9.52 Å². The van der Waals surface area contributed by atoms with Crippen LogP contribution < -0.4 is 14.4 Å². The Balaban J connectivity index is 1.62. The average Bonchev–Trinajstić information content (AvgIpc) is 3.08. The fraction of sp³-hybridized carbons (Fsp3) is 0.174. The molecule has 0 spiro atoms. The number of carbonyl (C=O) groups excluding carboxylic acids is 1. The van der Waals surface area contributed by atoms with E-state index in [4.69, 9.17) is 16.3 Å². The summed E-state index contributed by atoms with van der Waals surface area (Å²) in [6, 6.07) is 18.5. The summed E-state index contributed by atoms with van der Waals surface area (Å²) in [7, 11) is -2.34. The zero-order chi connectivity index (χ0) is 22.2. The van der Waals surface area contributed by atoms with Gasteiger partial charge in [-0.05, 0) is 67.4 Å². The number of anilines is 2. The number of sulfonamides is 1. The predicted octanol–water partition coefficient (Wildman–Crippen LogP) is 4.74. The molecule has 3 aromatic rings. The summed E-state index contributed by atoms with van der Waals surface area (Å²) in [6.07, 6.45) is 0.575. The van der Waals surface area contributed by atoms with Crippen LogP contribution in [0, 0.1) is 0 Å². The van der Waals surface area contributed by atoms with Crippen LogP contribution in [0.15, 0.2) is 71.6 Å². The van der Waals surface area contributed by atoms with E-state index >= 15 is 0 Å². The van der Waals surface area contributed by atoms with Gasteiger partial charge in [0.25, 0.3) is 15.9 Å². The monoisotopic (exact) mass is 456 g/mol. The summed E-state index contributed by atoms with van der Waals surface area (Å²) in [5.41, 5.74) is 2.47. The Kier molecular flexibility index (Phi) is 5.64. The molecule has 1 aliphatic heterocycles. The Labute approximate surface area is 186 Å². The number of nitrogens with one attached hydrogen (secondary N) is 1. The molecular formula is C23H21ClN2O4S. The molecule has 3 aromatic carbocycles. The fourth-order valence-corrected chi connectivity index (χ4v) is 5.11. The summed E-state index contributed by atoms with van der Waals surface area (Å²) in [5, 5.41) is 0.306. The van der Waals surface area contributed by atoms with Crippen molar-refractivity contribution >= 4 is 38.9 Å². The van der Waals surface area contributed by atoms with E-state index in [1.54, 1.807) is 41.3 Å². The lowest BCUT2D eigenvalue weighted by atomic mass is 10.1. The number of hydrogen-bond donors (Lipinski definition) is 1. The van der Waals surface area contributed by atoms with Crippen molar-refractivity contribution in [3.05, 3.63) is 82.9 Å². The van der Waals surface area contributed by atoms with E-state index in [1.165, 1.54) is 19.2 Å². The van der Waals surface area contributed by atoms with Crippen molar-refractivity contribution in [3.63, 3.8) is 0 Å². The SMILES string of the molecule is COc1ccc(NS(=O)(=O)c2ccc3c(c2)C[C@H](C)N3C(=O)c2ccccc2)cc1Cl. The minimum atomic E-state index is -3.83. The van der Waals surface area contributed by atoms with Gasteiger partial charge in [0.2, 0.25) is 0 Å². The lowest BCUT2D eigenvalue weighted by Crippen LogP contribution is -2.35. The van der Waals surface area contributed by atoms with Crippen LogP contribution in [0.3, 0.4) is 0 Å². The molecule has 160 valence electrons. The third kappa shape index (κ3) is 4.11. The predicted molar refractivity (Wildman–Crippen MR) is 122 cm³/mol. The number of ether oxygens (including phenoxy) is 1. The number of fused-ring (bicyclic) bond motifs is 1. The second-order valence-electron chi connectivity index (χ2n) is 7.34. The highest BCUT2D eigenvalue weighted by Gasteiger charge is 2.32. The molecule has 0 bridgehead atoms. The molecule has 0 saturated heterocycles. The van der Waals surface area contributed by atoms with Crippen LogP contribution in [0.25, 0.3) is 0 Å². The Morgan fingerprint density at radius 1 is 1.10 bits per heavy atom. The summed E-state index contributed by atoms with van der Waals surface area (Å²) >= 11 is 6.10. The van der Waals surface area contributed by atoms with Gasteiger partial charge in [-0.25, -0.2) is 8.42 Å². The highest BCUT2D eigenvalue weighted by Crippen LogP contribution is 2.35. The van der Waals surface area contributed by atoms with Crippen LogP contribution in [0.4, 0.5) is 11.4 Å². The molecule has 0 fully saturated rings. The van der Waals surface area contributed by atoms with Crippen LogP contribution in [0.2, 0.25) is 5.02 Å². The van der Waals surface area contributed by atoms with Gasteiger partial charge in [-0.2, -0.15) is 0 Å². The summed E-state index contributed by atoms with van der Waals surface area (Å²) in [4.78, 5) is 14.8. The van der Waals surface area contributed by atoms with Gasteiger partial charge in [0.05, 0.1) is 22.7 Å². The van der Waals surface area contributed by atoms with Crippen molar-refractivity contribution in [2.24, 2.45) is 0 Å². The number of benzene rings is 3. The van der Waals surface area contributed by atoms with Crippen LogP contribution in [-0.4, -0.2) is 27.5 Å². The Hall–Kier alpha value is -3.03. The van der Waals surface area contributed by atoms with E-state index in [0.29, 0.717) is 28.4 Å². The van der Waals surface area contributed by atoms with Gasteiger partial charge >= 0.3 is 0 Å².